The summed E-state index contributed by atoms with van der Waals surface area (Å²) in [5, 5.41) is 22.4. The number of para-hydroxylation sites is 2. The molecule has 0 spiro atoms. The second kappa shape index (κ2) is 6.66. The van der Waals surface area contributed by atoms with Crippen LogP contribution in [-0.4, -0.2) is 38.3 Å². The Labute approximate surface area is 125 Å². The molecule has 0 atom stereocenters. The van der Waals surface area contributed by atoms with E-state index in [4.69, 9.17) is 22.1 Å². The summed E-state index contributed by atoms with van der Waals surface area (Å²) in [5.74, 6) is -0.0216. The zero-order valence-electron chi connectivity index (χ0n) is 11.1. The third-order valence-electron chi connectivity index (χ3n) is 2.41. The van der Waals surface area contributed by atoms with E-state index in [1.54, 1.807) is 13.2 Å². The molecule has 0 saturated carbocycles. The predicted octanol–water partition coefficient (Wildman–Crippen LogP) is 1.18. The van der Waals surface area contributed by atoms with E-state index >= 15 is 0 Å². The topological polar surface area (TPSA) is 101 Å². The molecule has 0 amide bonds. The predicted molar refractivity (Wildman–Crippen MR) is 80.5 cm³/mol. The third-order valence-corrected chi connectivity index (χ3v) is 2.61. The molecule has 1 aromatic carbocycles. The molecule has 0 aliphatic rings. The largest absolute Gasteiger partial charge is 0.495 e. The number of nitrogens with zero attached hydrogens (tertiary/aromatic N) is 3. The van der Waals surface area contributed by atoms with Crippen LogP contribution in [-0.2, 0) is 11.3 Å². The van der Waals surface area contributed by atoms with Crippen LogP contribution in [0.3, 0.4) is 0 Å². The fraction of sp³-hybridized carbons (Fsp3) is 0.167. The third kappa shape index (κ3) is 4.14. The van der Waals surface area contributed by atoms with Crippen LogP contribution in [0.25, 0.3) is 0 Å². The van der Waals surface area contributed by atoms with Crippen LogP contribution in [0.4, 0.5) is 11.5 Å². The summed E-state index contributed by atoms with van der Waals surface area (Å²) in [6.45, 7) is -0.311. The second-order valence-corrected chi connectivity index (χ2v) is 4.34. The Morgan fingerprint density at radius 1 is 1.43 bits per heavy atom. The number of thiocarbonyl (C=S) groups is 1. The molecule has 3 N–H and O–H groups in total. The number of aliphatic carboxylic acids is 1. The van der Waals surface area contributed by atoms with E-state index in [2.05, 4.69) is 20.8 Å². The van der Waals surface area contributed by atoms with Gasteiger partial charge in [-0.05, 0) is 24.4 Å². The van der Waals surface area contributed by atoms with Crippen molar-refractivity contribution in [2.45, 2.75) is 6.54 Å². The van der Waals surface area contributed by atoms with Gasteiger partial charge in [-0.25, -0.2) is 0 Å². The zero-order valence-corrected chi connectivity index (χ0v) is 11.9. The Balaban J connectivity index is 1.98. The number of carboxylic acids is 1. The Hall–Kier alpha value is -2.68. The van der Waals surface area contributed by atoms with Gasteiger partial charge in [0, 0.05) is 0 Å². The standard InChI is InChI=1S/C12H13N5O3S/c1-20-9-5-3-2-4-8(9)14-12(21)15-10-6-13-17(16-10)7-11(18)19/h2-6H,7H2,1H3,(H,18,19)(H2,14,15,16,21). The highest BCUT2D eigenvalue weighted by Gasteiger charge is 2.07. The number of ether oxygens (including phenoxy) is 1. The summed E-state index contributed by atoms with van der Waals surface area (Å²) in [6.07, 6.45) is 1.39. The molecule has 0 radical (unpaired) electrons. The lowest BCUT2D eigenvalue weighted by Gasteiger charge is -2.11. The SMILES string of the molecule is COc1ccccc1NC(=S)Nc1cnn(CC(=O)O)n1. The van der Waals surface area contributed by atoms with Crippen molar-refractivity contribution in [2.75, 3.05) is 17.7 Å². The molecule has 0 bridgehead atoms. The van der Waals surface area contributed by atoms with E-state index in [0.717, 1.165) is 4.80 Å². The first-order valence-corrected chi connectivity index (χ1v) is 6.32. The fourth-order valence-electron chi connectivity index (χ4n) is 1.57. The number of aromatic nitrogens is 3. The molecule has 2 aromatic rings. The number of benzene rings is 1. The van der Waals surface area contributed by atoms with Crippen LogP contribution in [0.5, 0.6) is 5.75 Å². The molecule has 0 unspecified atom stereocenters. The van der Waals surface area contributed by atoms with E-state index in [1.807, 2.05) is 18.2 Å². The maximum Gasteiger partial charge on any atom is 0.327 e. The zero-order chi connectivity index (χ0) is 15.2. The van der Waals surface area contributed by atoms with Crippen molar-refractivity contribution in [1.82, 2.24) is 15.0 Å². The van der Waals surface area contributed by atoms with Crippen molar-refractivity contribution in [1.29, 1.82) is 0 Å². The first kappa shape index (κ1) is 14.7. The molecule has 0 aliphatic carbocycles. The second-order valence-electron chi connectivity index (χ2n) is 3.93. The Morgan fingerprint density at radius 3 is 2.90 bits per heavy atom. The maximum absolute atomic E-state index is 10.5. The van der Waals surface area contributed by atoms with Gasteiger partial charge in [0.15, 0.2) is 17.5 Å². The highest BCUT2D eigenvalue weighted by Crippen LogP contribution is 2.23. The average Bonchev–Trinajstić information content (AvgIpc) is 2.85. The van der Waals surface area contributed by atoms with Gasteiger partial charge in [-0.3, -0.25) is 4.79 Å². The summed E-state index contributed by atoms with van der Waals surface area (Å²) in [4.78, 5) is 11.6. The van der Waals surface area contributed by atoms with Crippen molar-refractivity contribution in [3.63, 3.8) is 0 Å². The van der Waals surface area contributed by atoms with Crippen LogP contribution in [0, 0.1) is 0 Å². The van der Waals surface area contributed by atoms with E-state index in [9.17, 15) is 4.79 Å². The number of carbonyl (C=O) groups is 1. The lowest BCUT2D eigenvalue weighted by Crippen LogP contribution is -2.20. The number of carboxylic acid groups (broad SMARTS) is 1. The number of methoxy groups -OCH3 is 1. The minimum absolute atomic E-state index is 0.293. The number of hydrogen-bond donors (Lipinski definition) is 3. The van der Waals surface area contributed by atoms with Gasteiger partial charge in [0.25, 0.3) is 0 Å². The molecule has 21 heavy (non-hydrogen) atoms. The smallest absolute Gasteiger partial charge is 0.327 e. The van der Waals surface area contributed by atoms with Crippen molar-refractivity contribution in [3.8, 4) is 5.75 Å². The number of hydrogen-bond acceptors (Lipinski definition) is 5. The lowest BCUT2D eigenvalue weighted by molar-refractivity contribution is -0.138. The fourth-order valence-corrected chi connectivity index (χ4v) is 1.78. The Morgan fingerprint density at radius 2 is 2.19 bits per heavy atom. The molecule has 0 fully saturated rings. The van der Waals surface area contributed by atoms with Gasteiger partial charge in [-0.1, -0.05) is 12.1 Å². The van der Waals surface area contributed by atoms with Gasteiger partial charge >= 0.3 is 5.97 Å². The van der Waals surface area contributed by atoms with Gasteiger partial charge in [0.05, 0.1) is 19.0 Å². The van der Waals surface area contributed by atoms with Crippen LogP contribution in [0.1, 0.15) is 0 Å². The highest BCUT2D eigenvalue weighted by atomic mass is 32.1. The molecule has 1 aromatic heterocycles. The Bertz CT molecular complexity index is 658. The first-order valence-electron chi connectivity index (χ1n) is 5.91. The quantitative estimate of drug-likeness (QED) is 0.708. The monoisotopic (exact) mass is 307 g/mol. The van der Waals surface area contributed by atoms with Gasteiger partial charge in [0.1, 0.15) is 5.75 Å². The lowest BCUT2D eigenvalue weighted by atomic mass is 10.3. The molecule has 8 nitrogen and oxygen atoms in total. The minimum Gasteiger partial charge on any atom is -0.495 e. The number of nitrogens with one attached hydrogen (secondary N) is 2. The molecule has 2 rings (SSSR count). The van der Waals surface area contributed by atoms with E-state index < -0.39 is 5.97 Å². The van der Waals surface area contributed by atoms with E-state index in [-0.39, 0.29) is 6.54 Å². The number of anilines is 2. The maximum atomic E-state index is 10.5. The average molecular weight is 307 g/mol. The van der Waals surface area contributed by atoms with Crippen molar-refractivity contribution in [2.24, 2.45) is 0 Å². The molecular formula is C12H13N5O3S. The molecule has 1 heterocycles. The summed E-state index contributed by atoms with van der Waals surface area (Å²) in [6, 6.07) is 7.30. The Kier molecular flexibility index (Phi) is 4.67. The summed E-state index contributed by atoms with van der Waals surface area (Å²) in [7, 11) is 1.56. The van der Waals surface area contributed by atoms with Gasteiger partial charge in [-0.15, -0.1) is 5.10 Å². The van der Waals surface area contributed by atoms with Crippen molar-refractivity contribution < 1.29 is 14.6 Å². The highest BCUT2D eigenvalue weighted by molar-refractivity contribution is 7.80. The molecule has 9 heteroatoms. The van der Waals surface area contributed by atoms with Crippen LogP contribution < -0.4 is 15.4 Å². The molecule has 0 saturated heterocycles. The first-order chi connectivity index (χ1) is 10.1. The summed E-state index contributed by atoms with van der Waals surface area (Å²) in [5.41, 5.74) is 0.704. The van der Waals surface area contributed by atoms with Gasteiger partial charge < -0.3 is 20.5 Å². The van der Waals surface area contributed by atoms with Crippen LogP contribution in [0.15, 0.2) is 30.5 Å². The van der Waals surface area contributed by atoms with E-state index in [1.165, 1.54) is 6.20 Å². The van der Waals surface area contributed by atoms with Crippen molar-refractivity contribution in [3.05, 3.63) is 30.5 Å². The molecule has 110 valence electrons. The normalized spacial score (nSPS) is 9.95. The van der Waals surface area contributed by atoms with Crippen LogP contribution in [0.2, 0.25) is 0 Å². The molecule has 0 aliphatic heterocycles. The summed E-state index contributed by atoms with van der Waals surface area (Å²) >= 11 is 5.15. The molecular weight excluding hydrogens is 294 g/mol. The minimum atomic E-state index is -1.02. The van der Waals surface area contributed by atoms with Crippen molar-refractivity contribution >= 4 is 34.8 Å². The summed E-state index contributed by atoms with van der Waals surface area (Å²) < 4.78 is 5.20. The number of rotatable bonds is 5. The van der Waals surface area contributed by atoms with Crippen LogP contribution >= 0.6 is 12.2 Å². The van der Waals surface area contributed by atoms with Gasteiger partial charge in [-0.2, -0.15) is 9.90 Å². The van der Waals surface area contributed by atoms with Gasteiger partial charge in [0.2, 0.25) is 0 Å². The van der Waals surface area contributed by atoms with E-state index in [0.29, 0.717) is 22.4 Å².